The van der Waals surface area contributed by atoms with E-state index >= 15 is 0 Å². The van der Waals surface area contributed by atoms with Crippen molar-refractivity contribution in [3.63, 3.8) is 0 Å². The van der Waals surface area contributed by atoms with Gasteiger partial charge in [0.05, 0.1) is 17.6 Å². The highest BCUT2D eigenvalue weighted by atomic mass is 35.5. The Morgan fingerprint density at radius 3 is 2.87 bits per heavy atom. The number of rotatable bonds is 3. The van der Waals surface area contributed by atoms with E-state index in [1.54, 1.807) is 0 Å². The van der Waals surface area contributed by atoms with Crippen LogP contribution in [-0.2, 0) is 13.0 Å². The molecule has 0 bridgehead atoms. The van der Waals surface area contributed by atoms with Crippen LogP contribution in [0.5, 0.6) is 0 Å². The molecular weight excluding hydrogens is 208 g/mol. The summed E-state index contributed by atoms with van der Waals surface area (Å²) in [6.45, 7) is 6.45. The second-order valence-electron chi connectivity index (χ2n) is 3.47. The predicted octanol–water partition coefficient (Wildman–Crippen LogP) is 3.35. The van der Waals surface area contributed by atoms with Crippen LogP contribution in [0.1, 0.15) is 12.7 Å². The van der Waals surface area contributed by atoms with E-state index in [1.807, 2.05) is 18.2 Å². The first kappa shape index (κ1) is 10.2. The number of nitrogens with zero attached hydrogens (tertiary/aromatic N) is 2. The smallest absolute Gasteiger partial charge is 0.109 e. The number of aromatic nitrogens is 2. The molecule has 0 spiro atoms. The number of hydrogen-bond acceptors (Lipinski definition) is 1. The number of fused-ring (bicyclic) bond motifs is 1. The molecule has 1 aromatic heterocycles. The van der Waals surface area contributed by atoms with Gasteiger partial charge in [0.15, 0.2) is 0 Å². The lowest BCUT2D eigenvalue weighted by molar-refractivity contribution is 0.762. The first-order valence-electron chi connectivity index (χ1n) is 4.99. The van der Waals surface area contributed by atoms with Gasteiger partial charge in [-0.15, -0.1) is 0 Å². The summed E-state index contributed by atoms with van der Waals surface area (Å²) < 4.78 is 2.12. The first-order valence-corrected chi connectivity index (χ1v) is 5.37. The number of benzene rings is 1. The van der Waals surface area contributed by atoms with Crippen LogP contribution >= 0.6 is 11.6 Å². The van der Waals surface area contributed by atoms with Gasteiger partial charge in [0.2, 0.25) is 0 Å². The van der Waals surface area contributed by atoms with Gasteiger partial charge in [-0.25, -0.2) is 4.98 Å². The van der Waals surface area contributed by atoms with Crippen molar-refractivity contribution in [3.8, 4) is 0 Å². The van der Waals surface area contributed by atoms with Crippen molar-refractivity contribution in [1.82, 2.24) is 9.55 Å². The molecule has 0 aliphatic heterocycles. The van der Waals surface area contributed by atoms with Crippen molar-refractivity contribution in [2.75, 3.05) is 0 Å². The second kappa shape index (κ2) is 4.07. The number of aryl methyl sites for hydroxylation is 1. The third-order valence-electron chi connectivity index (χ3n) is 2.38. The molecule has 0 atom stereocenters. The lowest BCUT2D eigenvalue weighted by atomic mass is 10.3. The summed E-state index contributed by atoms with van der Waals surface area (Å²) in [5.74, 6) is 1.05. The Hall–Kier alpha value is -1.28. The van der Waals surface area contributed by atoms with Crippen LogP contribution in [0.3, 0.4) is 0 Å². The van der Waals surface area contributed by atoms with Gasteiger partial charge in [-0.3, -0.25) is 0 Å². The average Bonchev–Trinajstić information content (AvgIpc) is 2.56. The predicted molar refractivity (Wildman–Crippen MR) is 64.1 cm³/mol. The zero-order chi connectivity index (χ0) is 10.8. The molecule has 3 heteroatoms. The van der Waals surface area contributed by atoms with Gasteiger partial charge in [-0.2, -0.15) is 0 Å². The molecule has 78 valence electrons. The Morgan fingerprint density at radius 2 is 2.20 bits per heavy atom. The van der Waals surface area contributed by atoms with Crippen LogP contribution in [0, 0.1) is 0 Å². The molecule has 1 heterocycles. The Labute approximate surface area is 94.2 Å². The molecule has 2 aromatic rings. The number of halogens is 1. The maximum Gasteiger partial charge on any atom is 0.109 e. The molecule has 0 N–H and O–H groups in total. The summed E-state index contributed by atoms with van der Waals surface area (Å²) in [4.78, 5) is 4.55. The molecule has 2 rings (SSSR count). The van der Waals surface area contributed by atoms with Gasteiger partial charge < -0.3 is 4.57 Å². The summed E-state index contributed by atoms with van der Waals surface area (Å²) in [6, 6.07) is 8.08. The maximum absolute atomic E-state index is 5.86. The lowest BCUT2D eigenvalue weighted by Gasteiger charge is -2.05. The molecule has 0 saturated carbocycles. The normalized spacial score (nSPS) is 10.8. The highest BCUT2D eigenvalue weighted by Gasteiger charge is 2.08. The molecule has 0 amide bonds. The van der Waals surface area contributed by atoms with Crippen molar-refractivity contribution in [1.29, 1.82) is 0 Å². The molecule has 0 fully saturated rings. The van der Waals surface area contributed by atoms with E-state index in [2.05, 4.69) is 29.1 Å². The summed E-state index contributed by atoms with van der Waals surface area (Å²) in [5.41, 5.74) is 2.14. The van der Waals surface area contributed by atoms with E-state index < -0.39 is 0 Å². The number of allylic oxidation sites excluding steroid dienone is 1. The fourth-order valence-corrected chi connectivity index (χ4v) is 1.86. The van der Waals surface area contributed by atoms with Crippen molar-refractivity contribution in [2.24, 2.45) is 0 Å². The number of imidazole rings is 1. The maximum atomic E-state index is 5.86. The fraction of sp³-hybridized carbons (Fsp3) is 0.250. The van der Waals surface area contributed by atoms with Crippen LogP contribution in [0.2, 0.25) is 0 Å². The summed E-state index contributed by atoms with van der Waals surface area (Å²) >= 11 is 5.86. The third-order valence-corrected chi connectivity index (χ3v) is 2.50. The minimum atomic E-state index is 0.630. The Balaban J connectivity index is 2.61. The summed E-state index contributed by atoms with van der Waals surface area (Å²) in [6.07, 6.45) is 0.902. The second-order valence-corrected chi connectivity index (χ2v) is 4.01. The van der Waals surface area contributed by atoms with Crippen LogP contribution in [0.4, 0.5) is 0 Å². The zero-order valence-corrected chi connectivity index (χ0v) is 9.46. The largest absolute Gasteiger partial charge is 0.323 e. The fourth-order valence-electron chi connectivity index (χ4n) is 1.74. The molecule has 0 aliphatic rings. The SMILES string of the molecule is C=C(Cl)Cn1c(CC)nc2ccccc21. The van der Waals surface area contributed by atoms with E-state index in [1.165, 1.54) is 0 Å². The van der Waals surface area contributed by atoms with Gasteiger partial charge in [0, 0.05) is 11.5 Å². The van der Waals surface area contributed by atoms with Gasteiger partial charge in [-0.05, 0) is 12.1 Å². The van der Waals surface area contributed by atoms with Gasteiger partial charge in [-0.1, -0.05) is 37.2 Å². The minimum absolute atomic E-state index is 0.630. The highest BCUT2D eigenvalue weighted by Crippen LogP contribution is 2.18. The average molecular weight is 221 g/mol. The van der Waals surface area contributed by atoms with E-state index in [0.717, 1.165) is 23.3 Å². The number of hydrogen-bond donors (Lipinski definition) is 0. The van der Waals surface area contributed by atoms with E-state index in [4.69, 9.17) is 11.6 Å². The van der Waals surface area contributed by atoms with E-state index in [0.29, 0.717) is 11.6 Å². The van der Waals surface area contributed by atoms with Crippen molar-refractivity contribution in [3.05, 3.63) is 41.7 Å². The molecular formula is C12H13ClN2. The van der Waals surface area contributed by atoms with Gasteiger partial charge in [0.1, 0.15) is 5.82 Å². The van der Waals surface area contributed by atoms with E-state index in [-0.39, 0.29) is 0 Å². The van der Waals surface area contributed by atoms with Crippen molar-refractivity contribution < 1.29 is 0 Å². The molecule has 2 nitrogen and oxygen atoms in total. The van der Waals surface area contributed by atoms with Crippen molar-refractivity contribution >= 4 is 22.6 Å². The zero-order valence-electron chi connectivity index (χ0n) is 8.70. The number of para-hydroxylation sites is 2. The summed E-state index contributed by atoms with van der Waals surface area (Å²) in [5, 5.41) is 0.632. The van der Waals surface area contributed by atoms with Crippen LogP contribution < -0.4 is 0 Å². The molecule has 0 aliphatic carbocycles. The Morgan fingerprint density at radius 1 is 1.47 bits per heavy atom. The quantitative estimate of drug-likeness (QED) is 0.776. The Bertz CT molecular complexity index is 499. The van der Waals surface area contributed by atoms with E-state index in [9.17, 15) is 0 Å². The van der Waals surface area contributed by atoms with Crippen LogP contribution in [0.25, 0.3) is 11.0 Å². The Kier molecular flexibility index (Phi) is 2.78. The highest BCUT2D eigenvalue weighted by molar-refractivity contribution is 6.29. The lowest BCUT2D eigenvalue weighted by Crippen LogP contribution is -2.02. The summed E-state index contributed by atoms with van der Waals surface area (Å²) in [7, 11) is 0. The molecule has 0 unspecified atom stereocenters. The molecule has 0 radical (unpaired) electrons. The van der Waals surface area contributed by atoms with Crippen LogP contribution in [-0.4, -0.2) is 9.55 Å². The standard InChI is InChI=1S/C12H13ClN2/c1-3-12-14-10-6-4-5-7-11(10)15(12)8-9(2)13/h4-7H,2-3,8H2,1H3. The van der Waals surface area contributed by atoms with Gasteiger partial charge >= 0.3 is 0 Å². The monoisotopic (exact) mass is 220 g/mol. The van der Waals surface area contributed by atoms with Gasteiger partial charge in [0.25, 0.3) is 0 Å². The molecule has 15 heavy (non-hydrogen) atoms. The molecule has 0 saturated heterocycles. The minimum Gasteiger partial charge on any atom is -0.323 e. The van der Waals surface area contributed by atoms with Crippen LogP contribution in [0.15, 0.2) is 35.9 Å². The molecule has 1 aromatic carbocycles. The third kappa shape index (κ3) is 1.90. The first-order chi connectivity index (χ1) is 7.22. The van der Waals surface area contributed by atoms with Crippen molar-refractivity contribution in [2.45, 2.75) is 19.9 Å². The topological polar surface area (TPSA) is 17.8 Å².